The SMILES string of the molecule is CCCCCNC(=O)C1N([C@@H](CO)[C@@H](C)CC)C(=O)[C@@H]2[C@H](C(=O)NC)[C@@H]3CCC12O3. The maximum Gasteiger partial charge on any atom is 0.245 e. The summed E-state index contributed by atoms with van der Waals surface area (Å²) in [6.45, 7) is 6.40. The summed E-state index contributed by atoms with van der Waals surface area (Å²) in [4.78, 5) is 41.3. The number of unbranched alkanes of at least 4 members (excludes halogenated alkanes) is 2. The molecule has 3 rings (SSSR count). The normalized spacial score (nSPS) is 34.0. The van der Waals surface area contributed by atoms with Crippen LogP contribution in [0.3, 0.4) is 0 Å². The fourth-order valence-electron chi connectivity index (χ4n) is 5.71. The number of aliphatic hydroxyl groups is 1. The highest BCUT2D eigenvalue weighted by molar-refractivity contribution is 5.99. The van der Waals surface area contributed by atoms with Crippen LogP contribution in [0.4, 0.5) is 0 Å². The largest absolute Gasteiger partial charge is 0.394 e. The summed E-state index contributed by atoms with van der Waals surface area (Å²) in [6, 6.07) is -1.30. The zero-order chi connectivity index (χ0) is 22.1. The number of hydrogen-bond acceptors (Lipinski definition) is 5. The number of aliphatic hydroxyl groups excluding tert-OH is 1. The molecule has 2 unspecified atom stereocenters. The van der Waals surface area contributed by atoms with Gasteiger partial charge in [-0.1, -0.05) is 40.0 Å². The second-order valence-electron chi connectivity index (χ2n) is 9.05. The average Bonchev–Trinajstić information content (AvgIpc) is 3.39. The smallest absolute Gasteiger partial charge is 0.245 e. The lowest BCUT2D eigenvalue weighted by molar-refractivity contribution is -0.147. The molecule has 8 heteroatoms. The van der Waals surface area contributed by atoms with E-state index in [2.05, 4.69) is 17.6 Å². The van der Waals surface area contributed by atoms with Gasteiger partial charge in [-0.15, -0.1) is 0 Å². The minimum atomic E-state index is -0.991. The Kier molecular flexibility index (Phi) is 7.07. The first-order valence-electron chi connectivity index (χ1n) is 11.5. The van der Waals surface area contributed by atoms with Crippen molar-refractivity contribution >= 4 is 17.7 Å². The minimum Gasteiger partial charge on any atom is -0.394 e. The summed E-state index contributed by atoms with van der Waals surface area (Å²) in [5.41, 5.74) is -0.991. The van der Waals surface area contributed by atoms with Gasteiger partial charge in [0.05, 0.1) is 30.6 Å². The van der Waals surface area contributed by atoms with E-state index in [0.29, 0.717) is 19.4 Å². The van der Waals surface area contributed by atoms with E-state index < -0.39 is 29.5 Å². The van der Waals surface area contributed by atoms with Gasteiger partial charge in [0.1, 0.15) is 11.6 Å². The van der Waals surface area contributed by atoms with E-state index in [0.717, 1.165) is 25.7 Å². The number of nitrogens with one attached hydrogen (secondary N) is 2. The summed E-state index contributed by atoms with van der Waals surface area (Å²) in [6.07, 6.45) is 4.59. The summed E-state index contributed by atoms with van der Waals surface area (Å²) < 4.78 is 6.32. The minimum absolute atomic E-state index is 0.0141. The lowest BCUT2D eigenvalue weighted by Crippen LogP contribution is -2.59. The number of carbonyl (C=O) groups excluding carboxylic acids is 3. The third-order valence-electron chi connectivity index (χ3n) is 7.46. The van der Waals surface area contributed by atoms with Crippen molar-refractivity contribution in [1.82, 2.24) is 15.5 Å². The van der Waals surface area contributed by atoms with Crippen molar-refractivity contribution in [3.63, 3.8) is 0 Å². The maximum atomic E-state index is 13.7. The van der Waals surface area contributed by atoms with Crippen LogP contribution >= 0.6 is 0 Å². The van der Waals surface area contributed by atoms with Gasteiger partial charge >= 0.3 is 0 Å². The Labute approximate surface area is 179 Å². The number of fused-ring (bicyclic) bond motifs is 1. The second kappa shape index (κ2) is 9.22. The topological polar surface area (TPSA) is 108 Å². The first kappa shape index (κ1) is 23.0. The standard InChI is InChI=1S/C22H37N3O5/c1-5-7-8-11-24-20(28)18-22-10-9-15(30-22)16(19(27)23-4)17(22)21(29)25(18)14(12-26)13(3)6-2/h13-18,26H,5-12H2,1-4H3,(H,23,27)(H,24,28)/t13-,14-,15-,16+,17-,18?,22?/m0/s1. The predicted molar refractivity (Wildman–Crippen MR) is 111 cm³/mol. The number of carbonyl (C=O) groups is 3. The molecule has 8 nitrogen and oxygen atoms in total. The van der Waals surface area contributed by atoms with Crippen LogP contribution in [0.2, 0.25) is 0 Å². The van der Waals surface area contributed by atoms with E-state index in [4.69, 9.17) is 4.74 Å². The van der Waals surface area contributed by atoms with E-state index in [1.54, 1.807) is 11.9 Å². The Morgan fingerprint density at radius 1 is 1.30 bits per heavy atom. The van der Waals surface area contributed by atoms with Gasteiger partial charge < -0.3 is 25.4 Å². The number of likely N-dealkylation sites (tertiary alicyclic amines) is 1. The number of nitrogens with zero attached hydrogens (tertiary/aromatic N) is 1. The molecular weight excluding hydrogens is 386 g/mol. The van der Waals surface area contributed by atoms with E-state index >= 15 is 0 Å². The Hall–Kier alpha value is -1.67. The van der Waals surface area contributed by atoms with Gasteiger partial charge in [0, 0.05) is 13.6 Å². The third kappa shape index (κ3) is 3.51. The van der Waals surface area contributed by atoms with Gasteiger partial charge in [0.2, 0.25) is 17.7 Å². The van der Waals surface area contributed by atoms with Crippen LogP contribution in [-0.4, -0.2) is 71.7 Å². The molecule has 3 fully saturated rings. The summed E-state index contributed by atoms with van der Waals surface area (Å²) in [7, 11) is 1.56. The van der Waals surface area contributed by atoms with Crippen molar-refractivity contribution in [2.75, 3.05) is 20.2 Å². The molecule has 3 saturated heterocycles. The quantitative estimate of drug-likeness (QED) is 0.451. The van der Waals surface area contributed by atoms with Crippen molar-refractivity contribution < 1.29 is 24.2 Å². The molecular formula is C22H37N3O5. The van der Waals surface area contributed by atoms with Crippen LogP contribution < -0.4 is 10.6 Å². The molecule has 3 amide bonds. The molecule has 30 heavy (non-hydrogen) atoms. The Bertz CT molecular complexity index is 671. The summed E-state index contributed by atoms with van der Waals surface area (Å²) >= 11 is 0. The average molecular weight is 424 g/mol. The second-order valence-corrected chi connectivity index (χ2v) is 9.05. The van der Waals surface area contributed by atoms with Crippen LogP contribution in [0, 0.1) is 17.8 Å². The Morgan fingerprint density at radius 3 is 2.63 bits per heavy atom. The van der Waals surface area contributed by atoms with Crippen LogP contribution in [0.1, 0.15) is 59.3 Å². The Morgan fingerprint density at radius 2 is 2.03 bits per heavy atom. The molecule has 3 heterocycles. The molecule has 0 aliphatic carbocycles. The first-order chi connectivity index (χ1) is 14.4. The van der Waals surface area contributed by atoms with Crippen LogP contribution in [0.15, 0.2) is 0 Å². The van der Waals surface area contributed by atoms with Crippen molar-refractivity contribution in [3.05, 3.63) is 0 Å². The van der Waals surface area contributed by atoms with Crippen LogP contribution in [-0.2, 0) is 19.1 Å². The van der Waals surface area contributed by atoms with E-state index in [-0.39, 0.29) is 36.4 Å². The molecule has 0 aromatic heterocycles. The van der Waals surface area contributed by atoms with Crippen LogP contribution in [0.25, 0.3) is 0 Å². The van der Waals surface area contributed by atoms with Gasteiger partial charge in [-0.25, -0.2) is 0 Å². The van der Waals surface area contributed by atoms with Crippen molar-refractivity contribution in [2.45, 2.75) is 83.1 Å². The van der Waals surface area contributed by atoms with Crippen molar-refractivity contribution in [2.24, 2.45) is 17.8 Å². The highest BCUT2D eigenvalue weighted by atomic mass is 16.5. The first-order valence-corrected chi connectivity index (χ1v) is 11.5. The Balaban J connectivity index is 1.97. The van der Waals surface area contributed by atoms with Crippen molar-refractivity contribution in [1.29, 1.82) is 0 Å². The van der Waals surface area contributed by atoms with E-state index in [1.165, 1.54) is 0 Å². The third-order valence-corrected chi connectivity index (χ3v) is 7.46. The molecule has 7 atom stereocenters. The fourth-order valence-corrected chi connectivity index (χ4v) is 5.71. The molecule has 0 aromatic rings. The van der Waals surface area contributed by atoms with Gasteiger partial charge in [-0.05, 0) is 25.2 Å². The molecule has 2 bridgehead atoms. The molecule has 3 N–H and O–H groups in total. The fraction of sp³-hybridized carbons (Fsp3) is 0.864. The molecule has 170 valence electrons. The highest BCUT2D eigenvalue weighted by Crippen LogP contribution is 2.59. The predicted octanol–water partition coefficient (Wildman–Crippen LogP) is 0.820. The summed E-state index contributed by atoms with van der Waals surface area (Å²) in [5, 5.41) is 15.8. The molecule has 0 radical (unpaired) electrons. The van der Waals surface area contributed by atoms with Gasteiger partial charge in [-0.2, -0.15) is 0 Å². The van der Waals surface area contributed by atoms with E-state index in [9.17, 15) is 19.5 Å². The molecule has 0 aromatic carbocycles. The zero-order valence-corrected chi connectivity index (χ0v) is 18.6. The monoisotopic (exact) mass is 423 g/mol. The maximum absolute atomic E-state index is 13.7. The lowest BCUT2D eigenvalue weighted by atomic mass is 9.70. The number of hydrogen-bond donors (Lipinski definition) is 3. The van der Waals surface area contributed by atoms with E-state index in [1.807, 2.05) is 13.8 Å². The number of ether oxygens (including phenoxy) is 1. The number of rotatable bonds is 10. The molecule has 3 aliphatic heterocycles. The van der Waals surface area contributed by atoms with Gasteiger partial charge in [0.15, 0.2) is 0 Å². The number of amides is 3. The van der Waals surface area contributed by atoms with Crippen molar-refractivity contribution in [3.8, 4) is 0 Å². The molecule has 0 saturated carbocycles. The van der Waals surface area contributed by atoms with Crippen LogP contribution in [0.5, 0.6) is 0 Å². The zero-order valence-electron chi connectivity index (χ0n) is 18.6. The summed E-state index contributed by atoms with van der Waals surface area (Å²) in [5.74, 6) is -1.94. The van der Waals surface area contributed by atoms with Gasteiger partial charge in [0.25, 0.3) is 0 Å². The molecule has 1 spiro atoms. The molecule has 3 aliphatic rings. The lowest BCUT2D eigenvalue weighted by Gasteiger charge is -2.38. The highest BCUT2D eigenvalue weighted by Gasteiger charge is 2.75. The van der Waals surface area contributed by atoms with Gasteiger partial charge in [-0.3, -0.25) is 14.4 Å².